The van der Waals surface area contributed by atoms with Gasteiger partial charge in [-0.25, -0.2) is 0 Å². The molecule has 0 bridgehead atoms. The van der Waals surface area contributed by atoms with Gasteiger partial charge in [0, 0.05) is 12.6 Å². The minimum absolute atomic E-state index is 0.270. The molecule has 0 radical (unpaired) electrons. The minimum atomic E-state index is 0.270. The molecule has 0 amide bonds. The van der Waals surface area contributed by atoms with Crippen molar-refractivity contribution in [1.29, 1.82) is 0 Å². The number of rotatable bonds is 4. The third kappa shape index (κ3) is 3.09. The normalized spacial score (nSPS) is 23.0. The molecule has 1 aromatic rings. The number of benzene rings is 1. The topological polar surface area (TPSA) is 24.5 Å². The fourth-order valence-corrected chi connectivity index (χ4v) is 3.51. The van der Waals surface area contributed by atoms with Crippen LogP contribution < -0.4 is 10.1 Å². The Morgan fingerprint density at radius 3 is 2.80 bits per heavy atom. The largest absolute Gasteiger partial charge is 0.485 e. The number of nitrogens with one attached hydrogen (secondary N) is 1. The van der Waals surface area contributed by atoms with E-state index in [1.807, 2.05) is 6.07 Å². The monoisotopic (exact) mass is 274 g/mol. The highest BCUT2D eigenvalue weighted by atomic mass is 16.5. The Morgan fingerprint density at radius 1 is 1.20 bits per heavy atom. The number of hydrogen-bond acceptors (Lipinski definition) is 3. The number of para-hydroxylation sites is 2. The molecule has 110 valence electrons. The molecular formula is C17H26N2O. The molecule has 1 heterocycles. The van der Waals surface area contributed by atoms with Crippen molar-refractivity contribution in [2.24, 2.45) is 0 Å². The molecule has 1 atom stereocenters. The molecule has 1 aliphatic carbocycles. The molecule has 0 aromatic heterocycles. The van der Waals surface area contributed by atoms with Crippen LogP contribution in [0.3, 0.4) is 0 Å². The van der Waals surface area contributed by atoms with E-state index >= 15 is 0 Å². The summed E-state index contributed by atoms with van der Waals surface area (Å²) >= 11 is 0. The molecule has 3 rings (SSSR count). The molecule has 0 spiro atoms. The van der Waals surface area contributed by atoms with Crippen LogP contribution in [-0.4, -0.2) is 36.7 Å². The molecule has 3 nitrogen and oxygen atoms in total. The van der Waals surface area contributed by atoms with Crippen LogP contribution in [-0.2, 0) is 0 Å². The number of likely N-dealkylation sites (N-methyl/N-ethyl adjacent to an activating group) is 1. The Bertz CT molecular complexity index is 429. The van der Waals surface area contributed by atoms with Gasteiger partial charge in [-0.15, -0.1) is 0 Å². The average Bonchev–Trinajstić information content (AvgIpc) is 2.53. The van der Waals surface area contributed by atoms with Gasteiger partial charge >= 0.3 is 0 Å². The molecule has 1 aromatic carbocycles. The zero-order valence-electron chi connectivity index (χ0n) is 12.5. The first-order chi connectivity index (χ1) is 9.86. The highest BCUT2D eigenvalue weighted by Gasteiger charge is 2.25. The third-order valence-corrected chi connectivity index (χ3v) is 4.64. The van der Waals surface area contributed by atoms with Crippen LogP contribution in [0.4, 0.5) is 5.69 Å². The van der Waals surface area contributed by atoms with Gasteiger partial charge in [-0.05, 0) is 31.5 Å². The molecule has 20 heavy (non-hydrogen) atoms. The molecule has 1 saturated carbocycles. The van der Waals surface area contributed by atoms with E-state index < -0.39 is 0 Å². The van der Waals surface area contributed by atoms with Gasteiger partial charge in [0.2, 0.25) is 0 Å². The molecule has 1 aliphatic heterocycles. The SMILES string of the molecule is CCN(CC1CNc2ccccc2O1)C1CCCCC1. The first-order valence-corrected chi connectivity index (χ1v) is 8.10. The highest BCUT2D eigenvalue weighted by Crippen LogP contribution is 2.29. The maximum absolute atomic E-state index is 6.15. The van der Waals surface area contributed by atoms with Gasteiger partial charge in [-0.3, -0.25) is 4.90 Å². The predicted molar refractivity (Wildman–Crippen MR) is 83.5 cm³/mol. The number of fused-ring (bicyclic) bond motifs is 1. The van der Waals surface area contributed by atoms with Gasteiger partial charge < -0.3 is 10.1 Å². The van der Waals surface area contributed by atoms with Crippen LogP contribution >= 0.6 is 0 Å². The van der Waals surface area contributed by atoms with Crippen molar-refractivity contribution in [2.75, 3.05) is 25.0 Å². The summed E-state index contributed by atoms with van der Waals surface area (Å²) < 4.78 is 6.15. The summed E-state index contributed by atoms with van der Waals surface area (Å²) in [5, 5.41) is 3.49. The van der Waals surface area contributed by atoms with Crippen LogP contribution in [0.5, 0.6) is 5.75 Å². The van der Waals surface area contributed by atoms with E-state index in [1.165, 1.54) is 32.1 Å². The van der Waals surface area contributed by atoms with Gasteiger partial charge in [0.1, 0.15) is 11.9 Å². The molecule has 2 aliphatic rings. The fraction of sp³-hybridized carbons (Fsp3) is 0.647. The summed E-state index contributed by atoms with van der Waals surface area (Å²) in [6.07, 6.45) is 7.21. The molecule has 0 saturated heterocycles. The second-order valence-electron chi connectivity index (χ2n) is 6.00. The second kappa shape index (κ2) is 6.49. The zero-order valence-corrected chi connectivity index (χ0v) is 12.5. The highest BCUT2D eigenvalue weighted by molar-refractivity contribution is 5.57. The van der Waals surface area contributed by atoms with Crippen LogP contribution in [0, 0.1) is 0 Å². The first-order valence-electron chi connectivity index (χ1n) is 8.10. The van der Waals surface area contributed by atoms with E-state index in [4.69, 9.17) is 4.74 Å². The maximum atomic E-state index is 6.15. The van der Waals surface area contributed by atoms with Crippen molar-refractivity contribution < 1.29 is 4.74 Å². The van der Waals surface area contributed by atoms with Crippen LogP contribution in [0.1, 0.15) is 39.0 Å². The molecule has 3 heteroatoms. The summed E-state index contributed by atoms with van der Waals surface area (Å²) in [7, 11) is 0. The van der Waals surface area contributed by atoms with Gasteiger partial charge in [-0.1, -0.05) is 38.3 Å². The molecule has 1 fully saturated rings. The van der Waals surface area contributed by atoms with E-state index in [-0.39, 0.29) is 6.10 Å². The quantitative estimate of drug-likeness (QED) is 0.909. The van der Waals surface area contributed by atoms with Crippen molar-refractivity contribution in [1.82, 2.24) is 4.90 Å². The van der Waals surface area contributed by atoms with Crippen molar-refractivity contribution in [2.45, 2.75) is 51.2 Å². The summed E-state index contributed by atoms with van der Waals surface area (Å²) in [5.74, 6) is 1.00. The minimum Gasteiger partial charge on any atom is -0.485 e. The maximum Gasteiger partial charge on any atom is 0.142 e. The Kier molecular flexibility index (Phi) is 4.46. The van der Waals surface area contributed by atoms with Crippen LogP contribution in [0.15, 0.2) is 24.3 Å². The van der Waals surface area contributed by atoms with E-state index in [0.29, 0.717) is 0 Å². The lowest BCUT2D eigenvalue weighted by atomic mass is 9.94. The average molecular weight is 274 g/mol. The van der Waals surface area contributed by atoms with Crippen LogP contribution in [0.2, 0.25) is 0 Å². The van der Waals surface area contributed by atoms with E-state index in [1.54, 1.807) is 0 Å². The third-order valence-electron chi connectivity index (χ3n) is 4.64. The summed E-state index contributed by atoms with van der Waals surface area (Å²) in [6, 6.07) is 9.02. The lowest BCUT2D eigenvalue weighted by molar-refractivity contribution is 0.0933. The molecule has 1 N–H and O–H groups in total. The van der Waals surface area contributed by atoms with Gasteiger partial charge in [0.15, 0.2) is 0 Å². The van der Waals surface area contributed by atoms with Crippen molar-refractivity contribution >= 4 is 5.69 Å². The number of nitrogens with zero attached hydrogens (tertiary/aromatic N) is 1. The van der Waals surface area contributed by atoms with Gasteiger partial charge in [0.05, 0.1) is 12.2 Å². The lowest BCUT2D eigenvalue weighted by Gasteiger charge is -2.37. The predicted octanol–water partition coefficient (Wildman–Crippen LogP) is 3.51. The lowest BCUT2D eigenvalue weighted by Crippen LogP contribution is -2.46. The summed E-state index contributed by atoms with van der Waals surface area (Å²) in [4.78, 5) is 2.62. The standard InChI is InChI=1S/C17H26N2O/c1-2-19(14-8-4-3-5-9-14)13-15-12-18-16-10-6-7-11-17(16)20-15/h6-7,10-11,14-15,18H,2-5,8-9,12-13H2,1H3. The van der Waals surface area contributed by atoms with E-state index in [0.717, 1.165) is 37.1 Å². The Hall–Kier alpha value is -1.22. The van der Waals surface area contributed by atoms with Gasteiger partial charge in [0.25, 0.3) is 0 Å². The van der Waals surface area contributed by atoms with E-state index in [2.05, 4.69) is 35.3 Å². The molecular weight excluding hydrogens is 248 g/mol. The number of ether oxygens (including phenoxy) is 1. The summed E-state index contributed by atoms with van der Waals surface area (Å²) in [5.41, 5.74) is 1.13. The van der Waals surface area contributed by atoms with Crippen molar-refractivity contribution in [3.8, 4) is 5.75 Å². The van der Waals surface area contributed by atoms with Gasteiger partial charge in [-0.2, -0.15) is 0 Å². The summed E-state index contributed by atoms with van der Waals surface area (Å²) in [6.45, 7) is 5.37. The fourth-order valence-electron chi connectivity index (χ4n) is 3.51. The van der Waals surface area contributed by atoms with E-state index in [9.17, 15) is 0 Å². The number of anilines is 1. The first kappa shape index (κ1) is 13.7. The van der Waals surface area contributed by atoms with Crippen molar-refractivity contribution in [3.05, 3.63) is 24.3 Å². The Balaban J connectivity index is 1.60. The molecule has 1 unspecified atom stereocenters. The van der Waals surface area contributed by atoms with Crippen LogP contribution in [0.25, 0.3) is 0 Å². The Labute approximate surface area is 122 Å². The smallest absolute Gasteiger partial charge is 0.142 e. The Morgan fingerprint density at radius 2 is 2.00 bits per heavy atom. The second-order valence-corrected chi connectivity index (χ2v) is 6.00. The number of hydrogen-bond donors (Lipinski definition) is 1. The van der Waals surface area contributed by atoms with Crippen molar-refractivity contribution in [3.63, 3.8) is 0 Å². The zero-order chi connectivity index (χ0) is 13.8.